The molecule has 0 aliphatic carbocycles. The molecule has 1 aliphatic rings. The predicted octanol–water partition coefficient (Wildman–Crippen LogP) is 3.99. The van der Waals surface area contributed by atoms with Gasteiger partial charge in [-0.05, 0) is 54.1 Å². The SMILES string of the molecule is COC(=O)c1cccc(-c2ccc3nnc(CC4CN(Cc5ccc(OC)cc5)c5ncccc5O4)n3n2)c1. The summed E-state index contributed by atoms with van der Waals surface area (Å²) < 4.78 is 18.2. The number of benzene rings is 2. The van der Waals surface area contributed by atoms with E-state index in [1.165, 1.54) is 7.11 Å². The highest BCUT2D eigenvalue weighted by Crippen LogP contribution is 2.33. The van der Waals surface area contributed by atoms with Crippen LogP contribution in [0.25, 0.3) is 16.9 Å². The van der Waals surface area contributed by atoms with E-state index in [4.69, 9.17) is 19.3 Å². The lowest BCUT2D eigenvalue weighted by atomic mass is 10.1. The summed E-state index contributed by atoms with van der Waals surface area (Å²) in [4.78, 5) is 18.8. The van der Waals surface area contributed by atoms with E-state index in [2.05, 4.69) is 32.2 Å². The molecule has 0 amide bonds. The molecule has 4 heterocycles. The first-order chi connectivity index (χ1) is 19.1. The summed E-state index contributed by atoms with van der Waals surface area (Å²) in [5, 5.41) is 13.5. The molecule has 1 atom stereocenters. The Morgan fingerprint density at radius 1 is 1.03 bits per heavy atom. The van der Waals surface area contributed by atoms with Crippen LogP contribution in [0.15, 0.2) is 79.0 Å². The number of pyridine rings is 1. The largest absolute Gasteiger partial charge is 0.497 e. The Bertz CT molecular complexity index is 1630. The molecule has 10 nitrogen and oxygen atoms in total. The summed E-state index contributed by atoms with van der Waals surface area (Å²) in [6.07, 6.45) is 2.07. The van der Waals surface area contributed by atoms with Crippen LogP contribution in [0.3, 0.4) is 0 Å². The molecule has 5 aromatic rings. The lowest BCUT2D eigenvalue weighted by Gasteiger charge is -2.35. The van der Waals surface area contributed by atoms with Crippen LogP contribution in [-0.2, 0) is 17.7 Å². The van der Waals surface area contributed by atoms with E-state index in [0.29, 0.717) is 42.2 Å². The second kappa shape index (κ2) is 10.4. The molecular weight excluding hydrogens is 496 g/mol. The summed E-state index contributed by atoms with van der Waals surface area (Å²) in [5.74, 6) is 2.63. The van der Waals surface area contributed by atoms with Gasteiger partial charge < -0.3 is 19.1 Å². The van der Waals surface area contributed by atoms with E-state index in [-0.39, 0.29) is 6.10 Å². The van der Waals surface area contributed by atoms with Crippen LogP contribution in [-0.4, -0.2) is 57.6 Å². The standard InChI is InChI=1S/C29H26N6O4/c1-37-22-10-8-19(9-11-22)17-34-18-23(39-25-7-4-14-30-28(25)34)16-27-32-31-26-13-12-24(33-35(26)27)20-5-3-6-21(15-20)29(36)38-2/h3-15,23H,16-18H2,1-2H3. The van der Waals surface area contributed by atoms with E-state index < -0.39 is 5.97 Å². The van der Waals surface area contributed by atoms with Gasteiger partial charge in [-0.2, -0.15) is 9.61 Å². The fraction of sp³-hybridized carbons (Fsp3) is 0.207. The molecule has 196 valence electrons. The zero-order valence-electron chi connectivity index (χ0n) is 21.5. The van der Waals surface area contributed by atoms with Crippen molar-refractivity contribution >= 4 is 17.4 Å². The van der Waals surface area contributed by atoms with Gasteiger partial charge in [-0.25, -0.2) is 9.78 Å². The number of anilines is 1. The predicted molar refractivity (Wildman–Crippen MR) is 144 cm³/mol. The molecule has 2 aromatic carbocycles. The van der Waals surface area contributed by atoms with Crippen molar-refractivity contribution in [1.82, 2.24) is 24.8 Å². The quantitative estimate of drug-likeness (QED) is 0.294. The Morgan fingerprint density at radius 2 is 1.90 bits per heavy atom. The smallest absolute Gasteiger partial charge is 0.337 e. The molecule has 0 saturated heterocycles. The third-order valence-corrected chi connectivity index (χ3v) is 6.62. The van der Waals surface area contributed by atoms with Crippen LogP contribution >= 0.6 is 0 Å². The van der Waals surface area contributed by atoms with Gasteiger partial charge in [0.25, 0.3) is 0 Å². The topological polar surface area (TPSA) is 104 Å². The number of nitrogens with zero attached hydrogens (tertiary/aromatic N) is 6. The maximum Gasteiger partial charge on any atom is 0.337 e. The highest BCUT2D eigenvalue weighted by atomic mass is 16.5. The van der Waals surface area contributed by atoms with Crippen molar-refractivity contribution < 1.29 is 19.0 Å². The molecule has 0 bridgehead atoms. The van der Waals surface area contributed by atoms with Gasteiger partial charge in [-0.3, -0.25) is 0 Å². The first-order valence-corrected chi connectivity index (χ1v) is 12.5. The number of ether oxygens (including phenoxy) is 3. The summed E-state index contributed by atoms with van der Waals surface area (Å²) in [6.45, 7) is 1.29. The first-order valence-electron chi connectivity index (χ1n) is 12.5. The average Bonchev–Trinajstić information content (AvgIpc) is 3.39. The Kier molecular flexibility index (Phi) is 6.50. The maximum absolute atomic E-state index is 12.0. The number of hydrogen-bond acceptors (Lipinski definition) is 9. The Balaban J connectivity index is 1.27. The van der Waals surface area contributed by atoms with Gasteiger partial charge in [0.1, 0.15) is 11.9 Å². The van der Waals surface area contributed by atoms with Crippen LogP contribution in [0, 0.1) is 0 Å². The van der Waals surface area contributed by atoms with Gasteiger partial charge >= 0.3 is 5.97 Å². The molecule has 0 N–H and O–H groups in total. The Hall–Kier alpha value is -4.99. The lowest BCUT2D eigenvalue weighted by Crippen LogP contribution is -2.41. The minimum Gasteiger partial charge on any atom is -0.497 e. The van der Waals surface area contributed by atoms with E-state index in [9.17, 15) is 4.79 Å². The van der Waals surface area contributed by atoms with Crippen LogP contribution in [0.5, 0.6) is 11.5 Å². The molecule has 0 fully saturated rings. The van der Waals surface area contributed by atoms with E-state index in [1.54, 1.807) is 36.0 Å². The molecule has 10 heteroatoms. The van der Waals surface area contributed by atoms with Crippen molar-refractivity contribution in [1.29, 1.82) is 0 Å². The van der Waals surface area contributed by atoms with Crippen molar-refractivity contribution in [3.05, 3.63) is 95.9 Å². The van der Waals surface area contributed by atoms with Gasteiger partial charge in [0.15, 0.2) is 23.0 Å². The van der Waals surface area contributed by atoms with E-state index >= 15 is 0 Å². The molecule has 0 saturated carbocycles. The highest BCUT2D eigenvalue weighted by molar-refractivity contribution is 5.90. The molecular formula is C29H26N6O4. The van der Waals surface area contributed by atoms with Gasteiger partial charge in [0.05, 0.1) is 32.0 Å². The molecule has 6 rings (SSSR count). The van der Waals surface area contributed by atoms with Crippen molar-refractivity contribution in [2.45, 2.75) is 19.1 Å². The normalized spacial score (nSPS) is 14.5. The number of fused-ring (bicyclic) bond motifs is 2. The third kappa shape index (κ3) is 4.96. The maximum atomic E-state index is 12.0. The number of carbonyl (C=O) groups is 1. The molecule has 0 radical (unpaired) electrons. The van der Waals surface area contributed by atoms with Crippen molar-refractivity contribution in [3.63, 3.8) is 0 Å². The molecule has 1 aliphatic heterocycles. The molecule has 39 heavy (non-hydrogen) atoms. The van der Waals surface area contributed by atoms with Crippen LogP contribution in [0.2, 0.25) is 0 Å². The minimum absolute atomic E-state index is 0.194. The highest BCUT2D eigenvalue weighted by Gasteiger charge is 2.28. The zero-order chi connectivity index (χ0) is 26.8. The van der Waals surface area contributed by atoms with Crippen molar-refractivity contribution in [2.24, 2.45) is 0 Å². The number of esters is 1. The minimum atomic E-state index is -0.397. The van der Waals surface area contributed by atoms with Crippen molar-refractivity contribution in [3.8, 4) is 22.8 Å². The summed E-state index contributed by atoms with van der Waals surface area (Å²) in [5.41, 5.74) is 3.71. The fourth-order valence-electron chi connectivity index (χ4n) is 4.70. The second-order valence-corrected chi connectivity index (χ2v) is 9.17. The molecule has 1 unspecified atom stereocenters. The molecule has 3 aromatic heterocycles. The van der Waals surface area contributed by atoms with Crippen LogP contribution in [0.4, 0.5) is 5.82 Å². The number of hydrogen-bond donors (Lipinski definition) is 0. The first kappa shape index (κ1) is 24.4. The Morgan fingerprint density at radius 3 is 2.72 bits per heavy atom. The monoisotopic (exact) mass is 522 g/mol. The number of rotatable bonds is 7. The zero-order valence-corrected chi connectivity index (χ0v) is 21.5. The van der Waals surface area contributed by atoms with Gasteiger partial charge in [0.2, 0.25) is 0 Å². The number of methoxy groups -OCH3 is 2. The van der Waals surface area contributed by atoms with E-state index in [1.807, 2.05) is 42.5 Å². The average molecular weight is 523 g/mol. The third-order valence-electron chi connectivity index (χ3n) is 6.62. The Labute approximate surface area is 224 Å². The van der Waals surface area contributed by atoms with Gasteiger partial charge in [0, 0.05) is 24.7 Å². The van der Waals surface area contributed by atoms with Crippen LogP contribution in [0.1, 0.15) is 21.7 Å². The molecule has 0 spiro atoms. The van der Waals surface area contributed by atoms with Crippen molar-refractivity contribution in [2.75, 3.05) is 25.7 Å². The lowest BCUT2D eigenvalue weighted by molar-refractivity contribution is 0.0600. The van der Waals surface area contributed by atoms with Crippen LogP contribution < -0.4 is 14.4 Å². The van der Waals surface area contributed by atoms with E-state index in [0.717, 1.165) is 28.4 Å². The summed E-state index contributed by atoms with van der Waals surface area (Å²) >= 11 is 0. The fourth-order valence-corrected chi connectivity index (χ4v) is 4.70. The number of carbonyl (C=O) groups excluding carboxylic acids is 1. The summed E-state index contributed by atoms with van der Waals surface area (Å²) in [6, 6.07) is 22.7. The number of aromatic nitrogens is 5. The van der Waals surface area contributed by atoms with Gasteiger partial charge in [-0.15, -0.1) is 10.2 Å². The summed E-state index contributed by atoms with van der Waals surface area (Å²) in [7, 11) is 3.02. The second-order valence-electron chi connectivity index (χ2n) is 9.17. The van der Waals surface area contributed by atoms with Gasteiger partial charge in [-0.1, -0.05) is 24.3 Å².